The van der Waals surface area contributed by atoms with Gasteiger partial charge in [0.15, 0.2) is 5.41 Å². The van der Waals surface area contributed by atoms with Crippen molar-refractivity contribution < 1.29 is 0 Å². The van der Waals surface area contributed by atoms with Gasteiger partial charge >= 0.3 is 0 Å². The largest absolute Gasteiger partial charge is 0.399 e. The van der Waals surface area contributed by atoms with E-state index < -0.39 is 5.41 Å². The second-order valence-corrected chi connectivity index (χ2v) is 9.29. The third-order valence-electron chi connectivity index (χ3n) is 6.69. The van der Waals surface area contributed by atoms with Crippen LogP contribution in [0.25, 0.3) is 0 Å². The Bertz CT molecular complexity index is 970. The molecule has 0 saturated carbocycles. The maximum absolute atomic E-state index is 10.1. The first-order valence-corrected chi connectivity index (χ1v) is 10.3. The van der Waals surface area contributed by atoms with Crippen LogP contribution in [0.15, 0.2) is 47.2 Å². The molecule has 0 saturated heterocycles. The number of benzene rings is 1. The van der Waals surface area contributed by atoms with Crippen LogP contribution in [0.4, 0.5) is 0 Å². The zero-order chi connectivity index (χ0) is 21.4. The lowest BCUT2D eigenvalue weighted by atomic mass is 9.55. The average Bonchev–Trinajstić information content (AvgIpc) is 2.72. The zero-order valence-corrected chi connectivity index (χ0v) is 17.7. The molecule has 0 aromatic heterocycles. The number of hydrogen-bond donors (Lipinski definition) is 1. The van der Waals surface area contributed by atoms with Crippen LogP contribution in [0.1, 0.15) is 64.0 Å². The van der Waals surface area contributed by atoms with Crippen LogP contribution in [0.5, 0.6) is 0 Å². The van der Waals surface area contributed by atoms with Crippen molar-refractivity contribution >= 4 is 0 Å². The van der Waals surface area contributed by atoms with E-state index in [0.29, 0.717) is 11.5 Å². The Morgan fingerprint density at radius 2 is 1.72 bits per heavy atom. The molecule has 2 aliphatic rings. The fourth-order valence-electron chi connectivity index (χ4n) is 4.87. The summed E-state index contributed by atoms with van der Waals surface area (Å²) < 4.78 is 0. The van der Waals surface area contributed by atoms with Crippen molar-refractivity contribution in [2.24, 2.45) is 23.0 Å². The van der Waals surface area contributed by atoms with Gasteiger partial charge in [0.05, 0.1) is 23.4 Å². The second kappa shape index (κ2) is 7.42. The quantitative estimate of drug-likeness (QED) is 0.756. The van der Waals surface area contributed by atoms with Gasteiger partial charge in [-0.2, -0.15) is 15.8 Å². The molecular weight excluding hydrogens is 356 g/mol. The van der Waals surface area contributed by atoms with E-state index in [1.54, 1.807) is 0 Å². The van der Waals surface area contributed by atoms with Crippen LogP contribution < -0.4 is 5.73 Å². The average molecular weight is 385 g/mol. The lowest BCUT2D eigenvalue weighted by Crippen LogP contribution is -2.43. The normalized spacial score (nSPS) is 25.8. The smallest absolute Gasteiger partial charge is 0.191 e. The van der Waals surface area contributed by atoms with E-state index in [1.165, 1.54) is 5.56 Å². The Labute approximate surface area is 173 Å². The Morgan fingerprint density at radius 3 is 2.21 bits per heavy atom. The molecule has 29 heavy (non-hydrogen) atoms. The van der Waals surface area contributed by atoms with Gasteiger partial charge in [0, 0.05) is 5.92 Å². The summed E-state index contributed by atoms with van der Waals surface area (Å²) in [6, 6.07) is 14.9. The van der Waals surface area contributed by atoms with Crippen molar-refractivity contribution in [2.75, 3.05) is 0 Å². The van der Waals surface area contributed by atoms with Crippen LogP contribution >= 0.6 is 0 Å². The van der Waals surface area contributed by atoms with Gasteiger partial charge in [0.1, 0.15) is 6.07 Å². The summed E-state index contributed by atoms with van der Waals surface area (Å²) in [6.07, 6.45) is 4.91. The molecular formula is C25H28N4. The summed E-state index contributed by atoms with van der Waals surface area (Å²) >= 11 is 0. The lowest BCUT2D eigenvalue weighted by Gasteiger charge is -2.45. The highest BCUT2D eigenvalue weighted by Gasteiger charge is 2.54. The molecule has 4 heteroatoms. The van der Waals surface area contributed by atoms with Gasteiger partial charge in [0.2, 0.25) is 0 Å². The third-order valence-corrected chi connectivity index (χ3v) is 6.69. The van der Waals surface area contributed by atoms with E-state index in [4.69, 9.17) is 5.73 Å². The van der Waals surface area contributed by atoms with Gasteiger partial charge in [-0.1, -0.05) is 64.5 Å². The number of nitriles is 3. The van der Waals surface area contributed by atoms with Gasteiger partial charge in [0.25, 0.3) is 0 Å². The summed E-state index contributed by atoms with van der Waals surface area (Å²) in [7, 11) is 0. The zero-order valence-electron chi connectivity index (χ0n) is 17.7. The van der Waals surface area contributed by atoms with Gasteiger partial charge in [-0.25, -0.2) is 0 Å². The number of allylic oxidation sites excluding steroid dienone is 4. The molecule has 0 radical (unpaired) electrons. The SMILES string of the molecule is CCC1CC=C2C(C#N)=C(N)C(C#N)(C#N)C(c3ccc(C(C)(C)C)cc3)C2C1. The number of fused-ring (bicyclic) bond motifs is 1. The van der Waals surface area contributed by atoms with E-state index in [-0.39, 0.29) is 22.9 Å². The molecule has 0 fully saturated rings. The molecule has 2 N–H and O–H groups in total. The van der Waals surface area contributed by atoms with Gasteiger partial charge in [-0.05, 0) is 46.8 Å². The first-order valence-electron chi connectivity index (χ1n) is 10.3. The molecule has 1 aromatic carbocycles. The van der Waals surface area contributed by atoms with Crippen LogP contribution in [-0.2, 0) is 5.41 Å². The van der Waals surface area contributed by atoms with E-state index in [0.717, 1.165) is 30.4 Å². The Hall–Kier alpha value is -3.03. The van der Waals surface area contributed by atoms with Crippen LogP contribution in [0.3, 0.4) is 0 Å². The molecule has 4 nitrogen and oxygen atoms in total. The van der Waals surface area contributed by atoms with Crippen molar-refractivity contribution in [1.29, 1.82) is 15.8 Å². The highest BCUT2D eigenvalue weighted by atomic mass is 14.7. The predicted octanol–water partition coefficient (Wildman–Crippen LogP) is 5.21. The molecule has 3 rings (SSSR count). The van der Waals surface area contributed by atoms with E-state index >= 15 is 0 Å². The fraction of sp³-hybridized carbons (Fsp3) is 0.480. The molecule has 1 aromatic rings. The number of rotatable bonds is 2. The minimum absolute atomic E-state index is 0.0166. The van der Waals surface area contributed by atoms with Crippen molar-refractivity contribution in [1.82, 2.24) is 0 Å². The summed E-state index contributed by atoms with van der Waals surface area (Å²) in [5.41, 5.74) is 8.33. The maximum Gasteiger partial charge on any atom is 0.191 e. The highest BCUT2D eigenvalue weighted by Crippen LogP contribution is 2.56. The Kier molecular flexibility index (Phi) is 5.30. The van der Waals surface area contributed by atoms with E-state index in [2.05, 4.69) is 64.1 Å². The van der Waals surface area contributed by atoms with Crippen molar-refractivity contribution in [3.8, 4) is 18.2 Å². The molecule has 0 heterocycles. The van der Waals surface area contributed by atoms with E-state index in [9.17, 15) is 15.8 Å². The fourth-order valence-corrected chi connectivity index (χ4v) is 4.87. The molecule has 3 atom stereocenters. The molecule has 0 bridgehead atoms. The van der Waals surface area contributed by atoms with Crippen molar-refractivity contribution in [3.63, 3.8) is 0 Å². The topological polar surface area (TPSA) is 97.4 Å². The monoisotopic (exact) mass is 384 g/mol. The lowest BCUT2D eigenvalue weighted by molar-refractivity contribution is 0.271. The van der Waals surface area contributed by atoms with Gasteiger partial charge < -0.3 is 5.73 Å². The number of nitrogens with two attached hydrogens (primary N) is 1. The van der Waals surface area contributed by atoms with Gasteiger partial charge in [-0.3, -0.25) is 0 Å². The van der Waals surface area contributed by atoms with E-state index in [1.807, 2.05) is 12.1 Å². The number of hydrogen-bond acceptors (Lipinski definition) is 4. The molecule has 148 valence electrons. The maximum atomic E-state index is 10.1. The minimum atomic E-state index is -1.54. The summed E-state index contributed by atoms with van der Waals surface area (Å²) in [4.78, 5) is 0. The van der Waals surface area contributed by atoms with Crippen molar-refractivity contribution in [2.45, 2.75) is 58.3 Å². The first kappa shape index (κ1) is 20.7. The van der Waals surface area contributed by atoms with Crippen LogP contribution in [0, 0.1) is 51.2 Å². The molecule has 0 spiro atoms. The molecule has 0 amide bonds. The van der Waals surface area contributed by atoms with Crippen LogP contribution in [0.2, 0.25) is 0 Å². The summed E-state index contributed by atoms with van der Waals surface area (Å²) in [6.45, 7) is 8.64. The third kappa shape index (κ3) is 3.22. The highest BCUT2D eigenvalue weighted by molar-refractivity contribution is 5.59. The van der Waals surface area contributed by atoms with Gasteiger partial charge in [-0.15, -0.1) is 0 Å². The van der Waals surface area contributed by atoms with Crippen molar-refractivity contribution in [3.05, 3.63) is 58.3 Å². The summed E-state index contributed by atoms with van der Waals surface area (Å²) in [5, 5.41) is 30.1. The molecule has 0 aliphatic heterocycles. The predicted molar refractivity (Wildman–Crippen MR) is 113 cm³/mol. The standard InChI is InChI=1S/C25H28N4/c1-5-16-6-11-19-20(12-16)22(17-7-9-18(10-8-17)24(2,3)4)25(14-27,15-28)23(29)21(19)13-26/h7-11,16,20,22H,5-6,12,29H2,1-4H3. The first-order chi connectivity index (χ1) is 13.7. The minimum Gasteiger partial charge on any atom is -0.399 e. The summed E-state index contributed by atoms with van der Waals surface area (Å²) in [5.74, 6) is 0.0362. The second-order valence-electron chi connectivity index (χ2n) is 9.29. The van der Waals surface area contributed by atoms with Crippen LogP contribution in [-0.4, -0.2) is 0 Å². The molecule has 2 aliphatic carbocycles. The Morgan fingerprint density at radius 1 is 1.10 bits per heavy atom. The molecule has 3 unspecified atom stereocenters. The number of nitrogens with zero attached hydrogens (tertiary/aromatic N) is 3. The Balaban J connectivity index is 2.25.